The Morgan fingerprint density at radius 2 is 1.12 bits per heavy atom. The van der Waals surface area contributed by atoms with Crippen LogP contribution in [0.15, 0.2) is 42.5 Å². The van der Waals surface area contributed by atoms with Crippen LogP contribution in [0.3, 0.4) is 0 Å². The van der Waals surface area contributed by atoms with Crippen LogP contribution >= 0.6 is 0 Å². The first-order chi connectivity index (χ1) is 30.8. The smallest absolute Gasteiger partial charge is 0.320 e. The first kappa shape index (κ1) is 55.4. The van der Waals surface area contributed by atoms with Crippen LogP contribution in [0.5, 0.6) is 11.5 Å². The number of non-ortho nitro benzene ring substituents is 1. The molecule has 3 rings (SSSR count). The van der Waals surface area contributed by atoms with Crippen molar-refractivity contribution in [2.75, 3.05) is 99.3 Å². The molecule has 1 atom stereocenters. The van der Waals surface area contributed by atoms with E-state index in [0.29, 0.717) is 89.7 Å². The molecule has 18 heteroatoms. The molecule has 0 amide bonds. The van der Waals surface area contributed by atoms with Gasteiger partial charge in [0.2, 0.25) is 0 Å². The third-order valence-electron chi connectivity index (χ3n) is 10.6. The SMILES string of the molecule is COc1ccc(CN(CC(=O)O)C(CCCc2ccc([N+](=O)[O-])cc2)CN2CCN(CC(=O)OC(C)(C)C)CCN(CC(=O)OC(C)(C)C)CCN(CC(=O)OC(C)(C)C)CC2)c(OC)c1. The maximum Gasteiger partial charge on any atom is 0.320 e. The molecular weight excluding hydrogens is 853 g/mol. The normalized spacial score (nSPS) is 16.1. The number of nitrogens with zero attached hydrogens (tertiary/aromatic N) is 6. The first-order valence-electron chi connectivity index (χ1n) is 22.8. The van der Waals surface area contributed by atoms with E-state index in [9.17, 15) is 34.4 Å². The third kappa shape index (κ3) is 22.1. The number of hydrogen-bond acceptors (Lipinski definition) is 16. The zero-order valence-electron chi connectivity index (χ0n) is 41.3. The quantitative estimate of drug-likeness (QED) is 0.0794. The number of carbonyl (C=O) groups excluding carboxylic acids is 3. The average molecular weight is 929 g/mol. The fraction of sp³-hybridized carbons (Fsp3) is 0.667. The van der Waals surface area contributed by atoms with E-state index in [0.717, 1.165) is 11.1 Å². The van der Waals surface area contributed by atoms with Crippen molar-refractivity contribution >= 4 is 29.6 Å². The van der Waals surface area contributed by atoms with E-state index < -0.39 is 27.7 Å². The minimum absolute atomic E-state index is 0.00479. The van der Waals surface area contributed by atoms with E-state index in [1.807, 2.05) is 94.0 Å². The number of nitro benzene ring substituents is 1. The van der Waals surface area contributed by atoms with Gasteiger partial charge < -0.3 is 28.8 Å². The number of ether oxygens (including phenoxy) is 5. The van der Waals surface area contributed by atoms with E-state index >= 15 is 0 Å². The van der Waals surface area contributed by atoms with Crippen molar-refractivity contribution in [2.45, 2.75) is 111 Å². The summed E-state index contributed by atoms with van der Waals surface area (Å²) in [6.45, 7) is 20.3. The van der Waals surface area contributed by atoms with Crippen LogP contribution in [0.2, 0.25) is 0 Å². The van der Waals surface area contributed by atoms with Gasteiger partial charge in [-0.3, -0.25) is 53.8 Å². The van der Waals surface area contributed by atoms with Crippen molar-refractivity contribution < 1.29 is 52.9 Å². The van der Waals surface area contributed by atoms with Crippen LogP contribution < -0.4 is 9.47 Å². The largest absolute Gasteiger partial charge is 0.497 e. The maximum atomic E-state index is 13.3. The molecule has 1 unspecified atom stereocenters. The van der Waals surface area contributed by atoms with Gasteiger partial charge in [-0.25, -0.2) is 0 Å². The molecule has 66 heavy (non-hydrogen) atoms. The van der Waals surface area contributed by atoms with Crippen molar-refractivity contribution in [3.63, 3.8) is 0 Å². The summed E-state index contributed by atoms with van der Waals surface area (Å²) in [5, 5.41) is 21.7. The van der Waals surface area contributed by atoms with Crippen LogP contribution in [-0.2, 0) is 46.4 Å². The first-order valence-corrected chi connectivity index (χ1v) is 22.8. The Bertz CT molecular complexity index is 1830. The molecule has 0 aliphatic carbocycles. The van der Waals surface area contributed by atoms with Gasteiger partial charge in [0.15, 0.2) is 0 Å². The second kappa shape index (κ2) is 25.9. The lowest BCUT2D eigenvalue weighted by molar-refractivity contribution is -0.384. The summed E-state index contributed by atoms with van der Waals surface area (Å²) in [5.41, 5.74) is -0.372. The Labute approximate surface area is 391 Å². The molecule has 0 radical (unpaired) electrons. The van der Waals surface area contributed by atoms with Gasteiger partial charge in [-0.1, -0.05) is 18.2 Å². The Morgan fingerprint density at radius 3 is 1.50 bits per heavy atom. The monoisotopic (exact) mass is 929 g/mol. The van der Waals surface area contributed by atoms with E-state index in [2.05, 4.69) is 4.90 Å². The number of carbonyl (C=O) groups is 4. The predicted molar refractivity (Wildman–Crippen MR) is 251 cm³/mol. The molecule has 0 saturated carbocycles. The number of carboxylic acid groups (broad SMARTS) is 1. The van der Waals surface area contributed by atoms with Gasteiger partial charge in [0, 0.05) is 95.3 Å². The molecule has 2 aromatic carbocycles. The van der Waals surface area contributed by atoms with Gasteiger partial charge in [0.1, 0.15) is 28.3 Å². The fourth-order valence-electron chi connectivity index (χ4n) is 7.61. The Hall–Kier alpha value is -4.88. The number of aliphatic carboxylic acids is 1. The topological polar surface area (TPSA) is 194 Å². The van der Waals surface area contributed by atoms with Crippen LogP contribution in [-0.4, -0.2) is 181 Å². The average Bonchev–Trinajstić information content (AvgIpc) is 3.18. The molecule has 1 aliphatic rings. The maximum absolute atomic E-state index is 13.3. The molecule has 1 fully saturated rings. The van der Waals surface area contributed by atoms with Gasteiger partial charge in [0.05, 0.1) is 45.3 Å². The molecule has 2 aromatic rings. The second-order valence-corrected chi connectivity index (χ2v) is 19.8. The molecule has 1 aliphatic heterocycles. The summed E-state index contributed by atoms with van der Waals surface area (Å²) in [7, 11) is 3.12. The highest BCUT2D eigenvalue weighted by molar-refractivity contribution is 5.73. The number of carboxylic acids is 1. The van der Waals surface area contributed by atoms with Gasteiger partial charge in [-0.15, -0.1) is 0 Å². The Balaban J connectivity index is 2.06. The number of esters is 3. The van der Waals surface area contributed by atoms with Gasteiger partial charge in [0.25, 0.3) is 5.69 Å². The number of benzene rings is 2. The molecule has 1 N–H and O–H groups in total. The molecule has 0 aromatic heterocycles. The Kier molecular flexibility index (Phi) is 21.7. The third-order valence-corrected chi connectivity index (χ3v) is 10.6. The molecular formula is C48H76N6O12. The number of aryl methyl sites for hydroxylation is 1. The Morgan fingerprint density at radius 1 is 0.682 bits per heavy atom. The summed E-state index contributed by atoms with van der Waals surface area (Å²) in [6, 6.07) is 11.6. The summed E-state index contributed by atoms with van der Waals surface area (Å²) < 4.78 is 28.4. The number of nitro groups is 1. The highest BCUT2D eigenvalue weighted by Crippen LogP contribution is 2.27. The van der Waals surface area contributed by atoms with Gasteiger partial charge in [-0.05, 0) is 93.2 Å². The minimum atomic E-state index is -1.00. The van der Waals surface area contributed by atoms with Crippen molar-refractivity contribution in [3.05, 3.63) is 63.7 Å². The summed E-state index contributed by atoms with van der Waals surface area (Å²) >= 11 is 0. The van der Waals surface area contributed by atoms with Crippen LogP contribution in [0.25, 0.3) is 0 Å². The molecule has 18 nitrogen and oxygen atoms in total. The summed E-state index contributed by atoms with van der Waals surface area (Å²) in [6.07, 6.45) is 1.83. The number of methoxy groups -OCH3 is 2. The van der Waals surface area contributed by atoms with E-state index in [4.69, 9.17) is 23.7 Å². The van der Waals surface area contributed by atoms with Crippen molar-refractivity contribution in [1.82, 2.24) is 24.5 Å². The van der Waals surface area contributed by atoms with E-state index in [1.165, 1.54) is 12.1 Å². The van der Waals surface area contributed by atoms with Crippen LogP contribution in [0.1, 0.15) is 86.3 Å². The van der Waals surface area contributed by atoms with Crippen LogP contribution in [0, 0.1) is 10.1 Å². The van der Waals surface area contributed by atoms with E-state index in [1.54, 1.807) is 32.4 Å². The van der Waals surface area contributed by atoms with Crippen molar-refractivity contribution in [1.29, 1.82) is 0 Å². The highest BCUT2D eigenvalue weighted by Gasteiger charge is 2.29. The summed E-state index contributed by atoms with van der Waals surface area (Å²) in [4.78, 5) is 73.6. The number of rotatable bonds is 20. The van der Waals surface area contributed by atoms with Gasteiger partial charge in [-0.2, -0.15) is 0 Å². The highest BCUT2D eigenvalue weighted by atomic mass is 16.6. The molecule has 0 spiro atoms. The lowest BCUT2D eigenvalue weighted by atomic mass is 10.0. The van der Waals surface area contributed by atoms with Crippen molar-refractivity contribution in [2.24, 2.45) is 0 Å². The molecule has 0 bridgehead atoms. The molecule has 370 valence electrons. The standard InChI is InChI=1S/C48H76N6O12/c1-46(2,3)64-43(57)33-50-23-21-49(22-24-51(34-44(58)65-47(4,5)6)26-28-52(27-25-50)35-45(59)66-48(7,8)9)31-39(14-12-13-36-15-18-38(19-16-36)54(60)61)53(32-42(55)56)30-37-17-20-40(62-10)29-41(37)63-11/h15-20,29,39H,12-14,21-28,30-35H2,1-11H3,(H,55,56). The second-order valence-electron chi connectivity index (χ2n) is 19.8. The van der Waals surface area contributed by atoms with Crippen LogP contribution in [0.4, 0.5) is 5.69 Å². The lowest BCUT2D eigenvalue weighted by Gasteiger charge is -2.38. The minimum Gasteiger partial charge on any atom is -0.497 e. The van der Waals surface area contributed by atoms with Gasteiger partial charge >= 0.3 is 23.9 Å². The van der Waals surface area contributed by atoms with E-state index in [-0.39, 0.29) is 62.4 Å². The fourth-order valence-corrected chi connectivity index (χ4v) is 7.61. The lowest BCUT2D eigenvalue weighted by Crippen LogP contribution is -2.52. The molecule has 1 saturated heterocycles. The zero-order chi connectivity index (χ0) is 49.2. The molecule has 1 heterocycles. The number of hydrogen-bond donors (Lipinski definition) is 1. The summed E-state index contributed by atoms with van der Waals surface area (Å²) in [5.74, 6) is -0.992. The predicted octanol–water partition coefficient (Wildman–Crippen LogP) is 5.14. The zero-order valence-corrected chi connectivity index (χ0v) is 41.3. The van der Waals surface area contributed by atoms with Crippen molar-refractivity contribution in [3.8, 4) is 11.5 Å².